The Labute approximate surface area is 115 Å². The quantitative estimate of drug-likeness (QED) is 0.735. The summed E-state index contributed by atoms with van der Waals surface area (Å²) >= 11 is 5.29. The third-order valence-electron chi connectivity index (χ3n) is 2.78. The fraction of sp³-hybridized carbons (Fsp3) is 0.833. The van der Waals surface area contributed by atoms with Crippen LogP contribution in [0, 0.1) is 4.77 Å². The van der Waals surface area contributed by atoms with Gasteiger partial charge in [-0.25, -0.2) is 5.10 Å². The predicted octanol–water partition coefficient (Wildman–Crippen LogP) is 2.13. The molecule has 1 rings (SSSR count). The van der Waals surface area contributed by atoms with Crippen molar-refractivity contribution in [2.24, 2.45) is 0 Å². The van der Waals surface area contributed by atoms with Gasteiger partial charge in [-0.1, -0.05) is 13.8 Å². The minimum atomic E-state index is 0.720. The molecule has 0 aliphatic carbocycles. The second-order valence-electron chi connectivity index (χ2n) is 4.77. The molecule has 1 aromatic rings. The van der Waals surface area contributed by atoms with Crippen LogP contribution in [0.1, 0.15) is 26.7 Å². The number of aromatic amines is 1. The summed E-state index contributed by atoms with van der Waals surface area (Å²) in [6.07, 6.45) is 2.17. The van der Waals surface area contributed by atoms with Crippen molar-refractivity contribution < 1.29 is 0 Å². The Bertz CT molecular complexity index is 395. The van der Waals surface area contributed by atoms with Crippen molar-refractivity contribution in [3.63, 3.8) is 0 Å². The van der Waals surface area contributed by atoms with Gasteiger partial charge in [0.1, 0.15) is 0 Å². The van der Waals surface area contributed by atoms with Crippen molar-refractivity contribution in [3.05, 3.63) is 4.77 Å². The monoisotopic (exact) mass is 271 g/mol. The van der Waals surface area contributed by atoms with Gasteiger partial charge in [-0.2, -0.15) is 0 Å². The lowest BCUT2D eigenvalue weighted by Gasteiger charge is -2.24. The fourth-order valence-corrected chi connectivity index (χ4v) is 2.10. The van der Waals surface area contributed by atoms with Crippen LogP contribution in [0.25, 0.3) is 0 Å². The van der Waals surface area contributed by atoms with E-state index in [1.54, 1.807) is 0 Å². The number of likely N-dealkylation sites (N-methyl/N-ethyl adjacent to an activating group) is 1. The minimum Gasteiger partial charge on any atom is -0.340 e. The van der Waals surface area contributed by atoms with Gasteiger partial charge in [0.2, 0.25) is 5.95 Å². The molecule has 104 valence electrons. The first-order valence-corrected chi connectivity index (χ1v) is 7.05. The fourth-order valence-electron chi connectivity index (χ4n) is 1.88. The van der Waals surface area contributed by atoms with E-state index in [2.05, 4.69) is 52.5 Å². The van der Waals surface area contributed by atoms with Crippen molar-refractivity contribution in [1.29, 1.82) is 0 Å². The molecule has 0 aliphatic heterocycles. The summed E-state index contributed by atoms with van der Waals surface area (Å²) in [4.78, 5) is 4.50. The molecule has 0 unspecified atom stereocenters. The number of nitrogens with one attached hydrogen (secondary N) is 1. The summed E-state index contributed by atoms with van der Waals surface area (Å²) < 4.78 is 2.82. The number of aromatic nitrogens is 3. The molecule has 0 amide bonds. The molecule has 5 nitrogen and oxygen atoms in total. The number of H-pyrrole nitrogens is 1. The van der Waals surface area contributed by atoms with Crippen LogP contribution in [0.15, 0.2) is 0 Å². The molecule has 0 saturated heterocycles. The highest BCUT2D eigenvalue weighted by atomic mass is 32.1. The zero-order valence-corrected chi connectivity index (χ0v) is 12.8. The average molecular weight is 271 g/mol. The van der Waals surface area contributed by atoms with Gasteiger partial charge >= 0.3 is 0 Å². The van der Waals surface area contributed by atoms with Crippen molar-refractivity contribution in [3.8, 4) is 0 Å². The smallest absolute Gasteiger partial charge is 0.225 e. The Hall–Kier alpha value is -0.880. The van der Waals surface area contributed by atoms with E-state index >= 15 is 0 Å². The standard InChI is InChI=1S/C12H25N5S/c1-5-7-16(10-9-15(3)4)11-13-14-12(18)17(11)8-6-2/h5-10H2,1-4H3,(H,14,18). The van der Waals surface area contributed by atoms with E-state index < -0.39 is 0 Å². The molecule has 6 heteroatoms. The van der Waals surface area contributed by atoms with Gasteiger partial charge < -0.3 is 9.80 Å². The van der Waals surface area contributed by atoms with E-state index in [9.17, 15) is 0 Å². The summed E-state index contributed by atoms with van der Waals surface area (Å²) in [7, 11) is 4.18. The maximum atomic E-state index is 5.29. The molecule has 0 aromatic carbocycles. The second-order valence-corrected chi connectivity index (χ2v) is 5.16. The van der Waals surface area contributed by atoms with Crippen LogP contribution < -0.4 is 4.90 Å². The Morgan fingerprint density at radius 2 is 1.89 bits per heavy atom. The second kappa shape index (κ2) is 7.53. The van der Waals surface area contributed by atoms with Crippen LogP contribution in [-0.4, -0.2) is 53.4 Å². The van der Waals surface area contributed by atoms with Crippen LogP contribution in [0.5, 0.6) is 0 Å². The lowest BCUT2D eigenvalue weighted by atomic mass is 10.4. The molecule has 0 spiro atoms. The molecule has 0 fully saturated rings. The zero-order chi connectivity index (χ0) is 13.5. The molecule has 0 radical (unpaired) electrons. The summed E-state index contributed by atoms with van der Waals surface area (Å²) in [5.41, 5.74) is 0. The molecule has 1 heterocycles. The Morgan fingerprint density at radius 3 is 2.44 bits per heavy atom. The third kappa shape index (κ3) is 4.10. The van der Waals surface area contributed by atoms with Crippen LogP contribution in [-0.2, 0) is 6.54 Å². The Morgan fingerprint density at radius 1 is 1.17 bits per heavy atom. The maximum Gasteiger partial charge on any atom is 0.225 e. The molecule has 0 aliphatic rings. The summed E-state index contributed by atoms with van der Waals surface area (Å²) in [5.74, 6) is 0.977. The van der Waals surface area contributed by atoms with Crippen molar-refractivity contribution in [1.82, 2.24) is 19.7 Å². The minimum absolute atomic E-state index is 0.720. The summed E-state index contributed by atoms with van der Waals surface area (Å²) in [6.45, 7) is 8.27. The molecular formula is C12H25N5S. The SMILES string of the molecule is CCCN(CCN(C)C)c1n[nH]c(=S)n1CCC. The van der Waals surface area contributed by atoms with Gasteiger partial charge in [0.25, 0.3) is 0 Å². The highest BCUT2D eigenvalue weighted by molar-refractivity contribution is 7.71. The number of anilines is 1. The molecule has 1 N–H and O–H groups in total. The van der Waals surface area contributed by atoms with Crippen molar-refractivity contribution in [2.75, 3.05) is 38.6 Å². The van der Waals surface area contributed by atoms with E-state index in [0.717, 1.165) is 49.7 Å². The largest absolute Gasteiger partial charge is 0.340 e. The molecule has 18 heavy (non-hydrogen) atoms. The van der Waals surface area contributed by atoms with E-state index in [1.165, 1.54) is 0 Å². The topological polar surface area (TPSA) is 40.1 Å². The molecular weight excluding hydrogens is 246 g/mol. The van der Waals surface area contributed by atoms with E-state index in [-0.39, 0.29) is 0 Å². The maximum absolute atomic E-state index is 5.29. The third-order valence-corrected chi connectivity index (χ3v) is 3.09. The molecule has 0 atom stereocenters. The lowest BCUT2D eigenvalue weighted by molar-refractivity contribution is 0.410. The summed E-state index contributed by atoms with van der Waals surface area (Å²) in [5, 5.41) is 7.29. The Kier molecular flexibility index (Phi) is 6.35. The van der Waals surface area contributed by atoms with E-state index in [0.29, 0.717) is 0 Å². The first kappa shape index (κ1) is 15.2. The normalized spacial score (nSPS) is 11.2. The summed E-state index contributed by atoms with van der Waals surface area (Å²) in [6, 6.07) is 0. The molecule has 0 saturated carbocycles. The Balaban J connectivity index is 2.87. The van der Waals surface area contributed by atoms with Gasteiger partial charge in [0.15, 0.2) is 4.77 Å². The first-order chi connectivity index (χ1) is 8.60. The van der Waals surface area contributed by atoms with Crippen LogP contribution in [0.3, 0.4) is 0 Å². The van der Waals surface area contributed by atoms with Gasteiger partial charge in [0, 0.05) is 26.2 Å². The van der Waals surface area contributed by atoms with Crippen molar-refractivity contribution >= 4 is 18.2 Å². The highest BCUT2D eigenvalue weighted by Gasteiger charge is 2.13. The van der Waals surface area contributed by atoms with Gasteiger partial charge in [-0.15, -0.1) is 5.10 Å². The van der Waals surface area contributed by atoms with Crippen LogP contribution in [0.2, 0.25) is 0 Å². The van der Waals surface area contributed by atoms with E-state index in [1.807, 2.05) is 0 Å². The van der Waals surface area contributed by atoms with Gasteiger partial charge in [0.05, 0.1) is 0 Å². The zero-order valence-electron chi connectivity index (χ0n) is 11.9. The number of nitrogens with zero attached hydrogens (tertiary/aromatic N) is 4. The highest BCUT2D eigenvalue weighted by Crippen LogP contribution is 2.12. The number of rotatable bonds is 8. The number of hydrogen-bond acceptors (Lipinski definition) is 4. The van der Waals surface area contributed by atoms with Crippen LogP contribution >= 0.6 is 12.2 Å². The molecule has 0 bridgehead atoms. The number of hydrogen-bond donors (Lipinski definition) is 1. The average Bonchev–Trinajstić information content (AvgIpc) is 2.67. The van der Waals surface area contributed by atoms with Crippen molar-refractivity contribution in [2.45, 2.75) is 33.2 Å². The van der Waals surface area contributed by atoms with E-state index in [4.69, 9.17) is 12.2 Å². The predicted molar refractivity (Wildman–Crippen MR) is 78.8 cm³/mol. The van der Waals surface area contributed by atoms with Gasteiger partial charge in [-0.05, 0) is 39.2 Å². The van der Waals surface area contributed by atoms with Gasteiger partial charge in [-0.3, -0.25) is 4.57 Å². The molecule has 1 aromatic heterocycles. The lowest BCUT2D eigenvalue weighted by Crippen LogP contribution is -2.34. The first-order valence-electron chi connectivity index (χ1n) is 6.65. The van der Waals surface area contributed by atoms with Crippen LogP contribution in [0.4, 0.5) is 5.95 Å².